The summed E-state index contributed by atoms with van der Waals surface area (Å²) >= 11 is 3.46. The first-order valence-corrected chi connectivity index (χ1v) is 8.35. The van der Waals surface area contributed by atoms with Crippen molar-refractivity contribution in [3.63, 3.8) is 0 Å². The average Bonchev–Trinajstić information content (AvgIpc) is 2.95. The highest BCUT2D eigenvalue weighted by molar-refractivity contribution is 9.10. The van der Waals surface area contributed by atoms with Crippen molar-refractivity contribution in [1.82, 2.24) is 5.32 Å². The molecule has 2 unspecified atom stereocenters. The van der Waals surface area contributed by atoms with Crippen molar-refractivity contribution < 1.29 is 9.53 Å². The number of nitrogens with one attached hydrogen (secondary N) is 2. The predicted molar refractivity (Wildman–Crippen MR) is 88.5 cm³/mol. The summed E-state index contributed by atoms with van der Waals surface area (Å²) in [6.07, 6.45) is 1.94. The van der Waals surface area contributed by atoms with Crippen LogP contribution in [0, 0.1) is 5.92 Å². The van der Waals surface area contributed by atoms with E-state index in [0.717, 1.165) is 35.1 Å². The number of hydrogen-bond donors (Lipinski definition) is 2. The first-order valence-electron chi connectivity index (χ1n) is 7.56. The smallest absolute Gasteiger partial charge is 0.231 e. The molecular formula is C16H23BrN2O2. The summed E-state index contributed by atoms with van der Waals surface area (Å²) < 4.78 is 6.50. The van der Waals surface area contributed by atoms with Gasteiger partial charge < -0.3 is 15.4 Å². The van der Waals surface area contributed by atoms with Crippen molar-refractivity contribution >= 4 is 27.5 Å². The van der Waals surface area contributed by atoms with E-state index in [4.69, 9.17) is 4.74 Å². The van der Waals surface area contributed by atoms with Gasteiger partial charge in [0.05, 0.1) is 19.1 Å². The fourth-order valence-electron chi connectivity index (χ4n) is 2.55. The van der Waals surface area contributed by atoms with Gasteiger partial charge in [-0.2, -0.15) is 0 Å². The van der Waals surface area contributed by atoms with Crippen molar-refractivity contribution in [2.45, 2.75) is 32.7 Å². The van der Waals surface area contributed by atoms with Gasteiger partial charge in [0, 0.05) is 16.2 Å². The number of rotatable bonds is 6. The minimum Gasteiger partial charge on any atom is -0.379 e. The van der Waals surface area contributed by atoms with Crippen LogP contribution >= 0.6 is 15.9 Å². The molecule has 2 N–H and O–H groups in total. The third-order valence-electron chi connectivity index (χ3n) is 3.78. The number of benzene rings is 1. The van der Waals surface area contributed by atoms with Crippen LogP contribution < -0.4 is 10.6 Å². The Morgan fingerprint density at radius 1 is 1.38 bits per heavy atom. The number of hydrogen-bond acceptors (Lipinski definition) is 3. The summed E-state index contributed by atoms with van der Waals surface area (Å²) in [6.45, 7) is 6.22. The Labute approximate surface area is 134 Å². The summed E-state index contributed by atoms with van der Waals surface area (Å²) in [5.41, 5.74) is 2.03. The topological polar surface area (TPSA) is 50.4 Å². The zero-order chi connectivity index (χ0) is 15.2. The first kappa shape index (κ1) is 16.5. The Hall–Kier alpha value is -0.910. The van der Waals surface area contributed by atoms with Crippen molar-refractivity contribution in [3.8, 4) is 0 Å². The fourth-order valence-corrected chi connectivity index (χ4v) is 2.95. The second kappa shape index (κ2) is 7.92. The summed E-state index contributed by atoms with van der Waals surface area (Å²) in [7, 11) is 0. The molecule has 1 fully saturated rings. The minimum absolute atomic E-state index is 0.0399. The van der Waals surface area contributed by atoms with E-state index in [1.54, 1.807) is 0 Å². The molecule has 116 valence electrons. The Bertz CT molecular complexity index is 493. The molecule has 0 radical (unpaired) electrons. The van der Waals surface area contributed by atoms with E-state index in [-0.39, 0.29) is 17.9 Å². The molecule has 0 aromatic heterocycles. The molecule has 0 spiro atoms. The number of anilines is 1. The monoisotopic (exact) mass is 354 g/mol. The molecule has 1 saturated heterocycles. The van der Waals surface area contributed by atoms with Gasteiger partial charge in [0.1, 0.15) is 0 Å². The molecule has 1 amide bonds. The maximum absolute atomic E-state index is 12.5. The summed E-state index contributed by atoms with van der Waals surface area (Å²) in [6, 6.07) is 6.07. The van der Waals surface area contributed by atoms with Gasteiger partial charge in [-0.3, -0.25) is 4.79 Å². The number of carbonyl (C=O) groups is 1. The third kappa shape index (κ3) is 4.28. The molecule has 1 aromatic carbocycles. The molecule has 5 heteroatoms. The van der Waals surface area contributed by atoms with Crippen LogP contribution in [0.15, 0.2) is 22.7 Å². The van der Waals surface area contributed by atoms with Crippen LogP contribution in [0.4, 0.5) is 5.69 Å². The number of aryl methyl sites for hydroxylation is 1. The molecular weight excluding hydrogens is 332 g/mol. The zero-order valence-electron chi connectivity index (χ0n) is 12.6. The number of ether oxygens (including phenoxy) is 1. The molecule has 0 saturated carbocycles. The molecule has 2 atom stereocenters. The van der Waals surface area contributed by atoms with E-state index >= 15 is 0 Å². The van der Waals surface area contributed by atoms with Crippen molar-refractivity contribution in [2.24, 2.45) is 5.92 Å². The summed E-state index contributed by atoms with van der Waals surface area (Å²) in [5.74, 6) is -0.0805. The maximum atomic E-state index is 12.5. The molecule has 1 aliphatic rings. The average molecular weight is 355 g/mol. The predicted octanol–water partition coefficient (Wildman–Crippen LogP) is 2.96. The molecule has 21 heavy (non-hydrogen) atoms. The quantitative estimate of drug-likeness (QED) is 0.825. The number of halogens is 1. The lowest BCUT2D eigenvalue weighted by Gasteiger charge is -2.19. The van der Waals surface area contributed by atoms with Crippen LogP contribution in [0.1, 0.15) is 25.8 Å². The third-order valence-corrected chi connectivity index (χ3v) is 4.27. The van der Waals surface area contributed by atoms with Crippen molar-refractivity contribution in [1.29, 1.82) is 0 Å². The highest BCUT2D eigenvalue weighted by Gasteiger charge is 2.33. The lowest BCUT2D eigenvalue weighted by molar-refractivity contribution is -0.120. The Morgan fingerprint density at radius 3 is 2.90 bits per heavy atom. The van der Waals surface area contributed by atoms with Gasteiger partial charge in [0.2, 0.25) is 5.91 Å². The van der Waals surface area contributed by atoms with Gasteiger partial charge in [0.25, 0.3) is 0 Å². The van der Waals surface area contributed by atoms with Crippen LogP contribution in [0.2, 0.25) is 0 Å². The van der Waals surface area contributed by atoms with E-state index in [1.807, 2.05) is 18.2 Å². The lowest BCUT2D eigenvalue weighted by atomic mass is 10.0. The van der Waals surface area contributed by atoms with Crippen LogP contribution in [0.25, 0.3) is 0 Å². The normalized spacial score (nSPS) is 21.5. The molecule has 1 aliphatic heterocycles. The maximum Gasteiger partial charge on any atom is 0.231 e. The van der Waals surface area contributed by atoms with E-state index in [9.17, 15) is 4.79 Å². The zero-order valence-corrected chi connectivity index (χ0v) is 14.2. The fraction of sp³-hybridized carbons (Fsp3) is 0.562. The van der Waals surface area contributed by atoms with Gasteiger partial charge >= 0.3 is 0 Å². The van der Waals surface area contributed by atoms with E-state index in [1.165, 1.54) is 0 Å². The highest BCUT2D eigenvalue weighted by Crippen LogP contribution is 2.23. The Balaban J connectivity index is 2.03. The second-order valence-corrected chi connectivity index (χ2v) is 6.26. The molecule has 1 heterocycles. The second-order valence-electron chi connectivity index (χ2n) is 5.35. The molecule has 0 bridgehead atoms. The largest absolute Gasteiger partial charge is 0.379 e. The van der Waals surface area contributed by atoms with Gasteiger partial charge in [-0.05, 0) is 43.1 Å². The molecule has 0 aliphatic carbocycles. The molecule has 4 nitrogen and oxygen atoms in total. The highest BCUT2D eigenvalue weighted by atomic mass is 79.9. The van der Waals surface area contributed by atoms with Crippen LogP contribution in [-0.4, -0.2) is 31.7 Å². The number of carbonyl (C=O) groups excluding carboxylic acids is 1. The van der Waals surface area contributed by atoms with Crippen LogP contribution in [-0.2, 0) is 16.0 Å². The molecule has 2 rings (SSSR count). The van der Waals surface area contributed by atoms with Gasteiger partial charge in [-0.15, -0.1) is 0 Å². The Morgan fingerprint density at radius 2 is 2.19 bits per heavy atom. The SMILES string of the molecule is CCCNC1COCC1C(=O)Nc1ccc(Br)cc1CC. The minimum atomic E-state index is -0.120. The first-order chi connectivity index (χ1) is 10.2. The Kier molecular flexibility index (Phi) is 6.21. The summed E-state index contributed by atoms with van der Waals surface area (Å²) in [5, 5.41) is 6.45. The molecule has 1 aromatic rings. The van der Waals surface area contributed by atoms with Gasteiger partial charge in [-0.1, -0.05) is 29.8 Å². The summed E-state index contributed by atoms with van der Waals surface area (Å²) in [4.78, 5) is 12.5. The van der Waals surface area contributed by atoms with Crippen LogP contribution in [0.3, 0.4) is 0 Å². The van der Waals surface area contributed by atoms with E-state index in [2.05, 4.69) is 40.4 Å². The van der Waals surface area contributed by atoms with Crippen molar-refractivity contribution in [2.75, 3.05) is 25.1 Å². The van der Waals surface area contributed by atoms with E-state index < -0.39 is 0 Å². The van der Waals surface area contributed by atoms with Crippen molar-refractivity contribution in [3.05, 3.63) is 28.2 Å². The van der Waals surface area contributed by atoms with Gasteiger partial charge in [-0.25, -0.2) is 0 Å². The van der Waals surface area contributed by atoms with Crippen LogP contribution in [0.5, 0.6) is 0 Å². The lowest BCUT2D eigenvalue weighted by Crippen LogP contribution is -2.41. The van der Waals surface area contributed by atoms with E-state index in [0.29, 0.717) is 13.2 Å². The van der Waals surface area contributed by atoms with Gasteiger partial charge in [0.15, 0.2) is 0 Å². The number of amides is 1. The standard InChI is InChI=1S/C16H23BrN2O2/c1-3-7-18-15-10-21-9-13(15)16(20)19-14-6-5-12(17)8-11(14)4-2/h5-6,8,13,15,18H,3-4,7,9-10H2,1-2H3,(H,19,20).